The van der Waals surface area contributed by atoms with Crippen molar-refractivity contribution in [3.8, 4) is 0 Å². The van der Waals surface area contributed by atoms with Crippen molar-refractivity contribution in [2.75, 3.05) is 13.2 Å². The molecule has 3 aliphatic rings. The van der Waals surface area contributed by atoms with E-state index in [1.165, 1.54) is 12.8 Å². The maximum absolute atomic E-state index is 12.0. The van der Waals surface area contributed by atoms with Crippen LogP contribution >= 0.6 is 0 Å². The van der Waals surface area contributed by atoms with Gasteiger partial charge in [0.15, 0.2) is 5.89 Å². The summed E-state index contributed by atoms with van der Waals surface area (Å²) in [5.74, 6) is 1.35. The van der Waals surface area contributed by atoms with Crippen LogP contribution in [0.2, 0.25) is 0 Å². The smallest absolute Gasteiger partial charge is 0.315 e. The van der Waals surface area contributed by atoms with Crippen molar-refractivity contribution in [3.63, 3.8) is 0 Å². The Labute approximate surface area is 130 Å². The molecule has 0 aromatic carbocycles. The predicted octanol–water partition coefficient (Wildman–Crippen LogP) is 2.00. The fraction of sp³-hybridized carbons (Fsp3) is 0.750. The second-order valence-electron chi connectivity index (χ2n) is 6.84. The minimum atomic E-state index is -0.137. The lowest BCUT2D eigenvalue weighted by Gasteiger charge is -2.45. The quantitative estimate of drug-likeness (QED) is 0.872. The second kappa shape index (κ2) is 4.98. The van der Waals surface area contributed by atoms with E-state index < -0.39 is 0 Å². The summed E-state index contributed by atoms with van der Waals surface area (Å²) >= 11 is 0. The number of hydrogen-bond acceptors (Lipinski definition) is 4. The number of nitrogens with one attached hydrogen (secondary N) is 2. The van der Waals surface area contributed by atoms with Gasteiger partial charge in [-0.2, -0.15) is 0 Å². The molecular formula is C16H23N3O3. The lowest BCUT2D eigenvalue weighted by atomic mass is 9.68. The summed E-state index contributed by atoms with van der Waals surface area (Å²) in [6.45, 7) is 3.99. The van der Waals surface area contributed by atoms with E-state index in [0.29, 0.717) is 18.4 Å². The van der Waals surface area contributed by atoms with Crippen LogP contribution in [0.25, 0.3) is 0 Å². The first kappa shape index (κ1) is 14.1. The van der Waals surface area contributed by atoms with Crippen LogP contribution in [0.5, 0.6) is 0 Å². The van der Waals surface area contributed by atoms with Crippen molar-refractivity contribution < 1.29 is 13.9 Å². The van der Waals surface area contributed by atoms with Crippen LogP contribution in [0.4, 0.5) is 4.79 Å². The Kier molecular flexibility index (Phi) is 3.18. The summed E-state index contributed by atoms with van der Waals surface area (Å²) in [6, 6.07) is -0.137. The van der Waals surface area contributed by atoms with Gasteiger partial charge in [-0.3, -0.25) is 0 Å². The molecule has 4 rings (SSSR count). The molecule has 1 saturated heterocycles. The van der Waals surface area contributed by atoms with Gasteiger partial charge in [-0.1, -0.05) is 6.92 Å². The third-order valence-electron chi connectivity index (χ3n) is 5.76. The van der Waals surface area contributed by atoms with Gasteiger partial charge in [0.05, 0.1) is 24.4 Å². The minimum absolute atomic E-state index is 0.0765. The van der Waals surface area contributed by atoms with Gasteiger partial charge in [0.25, 0.3) is 0 Å². The number of aromatic nitrogens is 1. The Morgan fingerprint density at radius 1 is 1.45 bits per heavy atom. The molecule has 120 valence electrons. The van der Waals surface area contributed by atoms with Gasteiger partial charge in [-0.25, -0.2) is 9.78 Å². The number of oxazole rings is 1. The van der Waals surface area contributed by atoms with Crippen LogP contribution in [0, 0.1) is 11.3 Å². The number of fused-ring (bicyclic) bond motifs is 2. The van der Waals surface area contributed by atoms with E-state index in [1.54, 1.807) is 6.26 Å². The van der Waals surface area contributed by atoms with Gasteiger partial charge < -0.3 is 19.8 Å². The zero-order chi connectivity index (χ0) is 15.2. The van der Waals surface area contributed by atoms with E-state index in [4.69, 9.17) is 9.15 Å². The molecule has 0 unspecified atom stereocenters. The van der Waals surface area contributed by atoms with Gasteiger partial charge >= 0.3 is 6.03 Å². The highest BCUT2D eigenvalue weighted by Crippen LogP contribution is 2.70. The van der Waals surface area contributed by atoms with Crippen LogP contribution in [0.3, 0.4) is 0 Å². The van der Waals surface area contributed by atoms with Gasteiger partial charge in [-0.15, -0.1) is 0 Å². The highest BCUT2D eigenvalue weighted by Gasteiger charge is 2.73. The van der Waals surface area contributed by atoms with Crippen molar-refractivity contribution in [3.05, 3.63) is 17.8 Å². The molecule has 0 radical (unpaired) electrons. The van der Waals surface area contributed by atoms with Gasteiger partial charge in [-0.05, 0) is 31.6 Å². The van der Waals surface area contributed by atoms with E-state index >= 15 is 0 Å². The summed E-state index contributed by atoms with van der Waals surface area (Å²) in [5, 5.41) is 5.88. The number of rotatable bonds is 5. The molecule has 1 aromatic heterocycles. The van der Waals surface area contributed by atoms with Gasteiger partial charge in [0.2, 0.25) is 0 Å². The third kappa shape index (κ3) is 2.04. The standard InChI is InChI=1S/C16H23N3O3/c1-2-13-19-12(9-21-13)7-17-14(20)18-10-15-6-11(15)8-22-16(15)4-3-5-16/h9,11H,2-8,10H2,1H3,(H2,17,18,20)/t11-,15+/m0/s1. The number of amides is 2. The number of urea groups is 1. The van der Waals surface area contributed by atoms with Crippen molar-refractivity contribution >= 4 is 6.03 Å². The zero-order valence-electron chi connectivity index (χ0n) is 13.0. The Morgan fingerprint density at radius 2 is 2.32 bits per heavy atom. The molecule has 2 heterocycles. The van der Waals surface area contributed by atoms with Gasteiger partial charge in [0, 0.05) is 18.4 Å². The van der Waals surface area contributed by atoms with Gasteiger partial charge in [0.1, 0.15) is 6.26 Å². The Balaban J connectivity index is 1.27. The number of carbonyl (C=O) groups excluding carboxylic acids is 1. The molecule has 1 aromatic rings. The van der Waals surface area contributed by atoms with E-state index in [0.717, 1.165) is 38.1 Å². The molecule has 0 bridgehead atoms. The van der Waals surface area contributed by atoms with Crippen molar-refractivity contribution in [1.29, 1.82) is 0 Å². The van der Waals surface area contributed by atoms with Crippen LogP contribution in [-0.2, 0) is 17.7 Å². The number of ether oxygens (including phenoxy) is 1. The second-order valence-corrected chi connectivity index (χ2v) is 6.84. The molecule has 6 nitrogen and oxygen atoms in total. The minimum Gasteiger partial charge on any atom is -0.449 e. The average Bonchev–Trinajstić information content (AvgIpc) is 2.88. The molecule has 2 amide bonds. The van der Waals surface area contributed by atoms with E-state index in [1.807, 2.05) is 6.92 Å². The molecule has 2 N–H and O–H groups in total. The first-order valence-corrected chi connectivity index (χ1v) is 8.26. The highest BCUT2D eigenvalue weighted by atomic mass is 16.5. The molecule has 2 saturated carbocycles. The Bertz CT molecular complexity index is 581. The molecular weight excluding hydrogens is 282 g/mol. The van der Waals surface area contributed by atoms with E-state index in [-0.39, 0.29) is 17.0 Å². The predicted molar refractivity (Wildman–Crippen MR) is 79.2 cm³/mol. The largest absolute Gasteiger partial charge is 0.449 e. The number of hydrogen-bond donors (Lipinski definition) is 2. The Hall–Kier alpha value is -1.56. The summed E-state index contributed by atoms with van der Waals surface area (Å²) in [5.41, 5.74) is 1.05. The molecule has 6 heteroatoms. The third-order valence-corrected chi connectivity index (χ3v) is 5.76. The first-order valence-electron chi connectivity index (χ1n) is 8.26. The van der Waals surface area contributed by atoms with Crippen LogP contribution in [0.1, 0.15) is 44.2 Å². The lowest BCUT2D eigenvalue weighted by molar-refractivity contribution is -0.109. The molecule has 22 heavy (non-hydrogen) atoms. The van der Waals surface area contributed by atoms with Crippen LogP contribution < -0.4 is 10.6 Å². The SMILES string of the molecule is CCc1nc(CNC(=O)NC[C@]23C[C@H]2COC32CCC2)co1. The van der Waals surface area contributed by atoms with Crippen molar-refractivity contribution in [1.82, 2.24) is 15.6 Å². The molecule has 2 atom stereocenters. The normalized spacial score (nSPS) is 30.7. The zero-order valence-corrected chi connectivity index (χ0v) is 13.0. The number of aryl methyl sites for hydroxylation is 1. The number of carbonyl (C=O) groups is 1. The van der Waals surface area contributed by atoms with E-state index in [2.05, 4.69) is 15.6 Å². The topological polar surface area (TPSA) is 76.4 Å². The summed E-state index contributed by atoms with van der Waals surface area (Å²) in [6.07, 6.45) is 7.14. The average molecular weight is 305 g/mol. The summed E-state index contributed by atoms with van der Waals surface area (Å²) in [7, 11) is 0. The summed E-state index contributed by atoms with van der Waals surface area (Å²) < 4.78 is 11.3. The molecule has 1 aliphatic heterocycles. The maximum atomic E-state index is 12.0. The van der Waals surface area contributed by atoms with Crippen molar-refractivity contribution in [2.24, 2.45) is 11.3 Å². The molecule has 3 fully saturated rings. The monoisotopic (exact) mass is 305 g/mol. The van der Waals surface area contributed by atoms with Crippen LogP contribution in [0.15, 0.2) is 10.7 Å². The van der Waals surface area contributed by atoms with Crippen LogP contribution in [-0.4, -0.2) is 29.8 Å². The Morgan fingerprint density at radius 3 is 2.95 bits per heavy atom. The fourth-order valence-electron chi connectivity index (χ4n) is 4.14. The van der Waals surface area contributed by atoms with E-state index in [9.17, 15) is 4.79 Å². The number of nitrogens with zero attached hydrogens (tertiary/aromatic N) is 1. The first-order chi connectivity index (χ1) is 10.7. The maximum Gasteiger partial charge on any atom is 0.315 e. The fourth-order valence-corrected chi connectivity index (χ4v) is 4.14. The molecule has 2 aliphatic carbocycles. The lowest BCUT2D eigenvalue weighted by Crippen LogP contribution is -2.51. The summed E-state index contributed by atoms with van der Waals surface area (Å²) in [4.78, 5) is 16.3. The molecule has 1 spiro atoms. The van der Waals surface area contributed by atoms with Crippen molar-refractivity contribution in [2.45, 2.75) is 51.2 Å². The highest BCUT2D eigenvalue weighted by molar-refractivity contribution is 5.73.